The Bertz CT molecular complexity index is 422. The number of amides is 1. The lowest BCUT2D eigenvalue weighted by Gasteiger charge is -2.39. The van der Waals surface area contributed by atoms with E-state index in [0.29, 0.717) is 18.5 Å². The summed E-state index contributed by atoms with van der Waals surface area (Å²) in [5, 5.41) is 12.2. The second-order valence-corrected chi connectivity index (χ2v) is 5.53. The van der Waals surface area contributed by atoms with E-state index in [9.17, 15) is 9.90 Å². The number of aliphatic hydroxyl groups excluding tert-OH is 1. The van der Waals surface area contributed by atoms with Crippen LogP contribution < -0.4 is 5.32 Å². The number of likely N-dealkylation sites (tertiary alicyclic amines) is 1. The minimum absolute atomic E-state index is 0.0111. The van der Waals surface area contributed by atoms with Crippen LogP contribution >= 0.6 is 0 Å². The lowest BCUT2D eigenvalue weighted by molar-refractivity contribution is -0.119. The van der Waals surface area contributed by atoms with E-state index < -0.39 is 0 Å². The molecule has 0 aliphatic carbocycles. The van der Waals surface area contributed by atoms with Crippen LogP contribution in [-0.2, 0) is 4.79 Å². The number of nitrogens with one attached hydrogen (secondary N) is 1. The van der Waals surface area contributed by atoms with Crippen LogP contribution in [0.1, 0.15) is 31.4 Å². The molecule has 4 heteroatoms. The average Bonchev–Trinajstić information content (AvgIpc) is 2.47. The molecule has 1 aliphatic heterocycles. The number of benzene rings is 1. The van der Waals surface area contributed by atoms with Crippen molar-refractivity contribution in [2.45, 2.75) is 25.8 Å². The summed E-state index contributed by atoms with van der Waals surface area (Å²) >= 11 is 0. The maximum atomic E-state index is 11.0. The molecule has 1 aromatic rings. The fourth-order valence-corrected chi connectivity index (χ4v) is 2.95. The van der Waals surface area contributed by atoms with Crippen LogP contribution in [0, 0.1) is 5.92 Å². The van der Waals surface area contributed by atoms with Crippen molar-refractivity contribution in [2.75, 3.05) is 26.2 Å². The van der Waals surface area contributed by atoms with Gasteiger partial charge in [0.15, 0.2) is 0 Å². The zero-order valence-corrected chi connectivity index (χ0v) is 12.1. The van der Waals surface area contributed by atoms with Gasteiger partial charge in [0.05, 0.1) is 0 Å². The summed E-state index contributed by atoms with van der Waals surface area (Å²) in [6.45, 7) is 4.18. The first-order chi connectivity index (χ1) is 9.70. The van der Waals surface area contributed by atoms with E-state index in [1.165, 1.54) is 5.56 Å². The summed E-state index contributed by atoms with van der Waals surface area (Å²) in [5.74, 6) is 0.365. The molecule has 0 aromatic heterocycles. The van der Waals surface area contributed by atoms with Crippen molar-refractivity contribution < 1.29 is 9.90 Å². The van der Waals surface area contributed by atoms with Crippen molar-refractivity contribution in [3.63, 3.8) is 0 Å². The topological polar surface area (TPSA) is 52.6 Å². The van der Waals surface area contributed by atoms with Crippen molar-refractivity contribution >= 4 is 5.91 Å². The zero-order valence-electron chi connectivity index (χ0n) is 12.1. The first kappa shape index (κ1) is 15.0. The third-order valence-corrected chi connectivity index (χ3v) is 4.00. The van der Waals surface area contributed by atoms with E-state index in [4.69, 9.17) is 0 Å². The van der Waals surface area contributed by atoms with E-state index in [2.05, 4.69) is 34.5 Å². The molecule has 1 amide bonds. The Morgan fingerprint density at radius 2 is 2.10 bits per heavy atom. The Morgan fingerprint density at radius 3 is 2.75 bits per heavy atom. The number of nitrogens with zero attached hydrogens (tertiary/aromatic N) is 1. The first-order valence-electron chi connectivity index (χ1n) is 7.35. The third kappa shape index (κ3) is 4.05. The van der Waals surface area contributed by atoms with Crippen LogP contribution in [0.15, 0.2) is 30.3 Å². The number of carbonyl (C=O) groups is 1. The molecule has 20 heavy (non-hydrogen) atoms. The molecular weight excluding hydrogens is 252 g/mol. The van der Waals surface area contributed by atoms with E-state index in [-0.39, 0.29) is 12.5 Å². The van der Waals surface area contributed by atoms with Gasteiger partial charge in [-0.3, -0.25) is 9.69 Å². The number of hydrogen-bond donors (Lipinski definition) is 2. The molecule has 2 atom stereocenters. The summed E-state index contributed by atoms with van der Waals surface area (Å²) in [5.41, 5.74) is 1.33. The van der Waals surface area contributed by atoms with Crippen LogP contribution in [0.5, 0.6) is 0 Å². The van der Waals surface area contributed by atoms with Gasteiger partial charge < -0.3 is 10.4 Å². The van der Waals surface area contributed by atoms with Crippen molar-refractivity contribution in [1.29, 1.82) is 0 Å². The summed E-state index contributed by atoms with van der Waals surface area (Å²) in [4.78, 5) is 13.4. The third-order valence-electron chi connectivity index (χ3n) is 4.00. The lowest BCUT2D eigenvalue weighted by Crippen LogP contribution is -2.43. The van der Waals surface area contributed by atoms with Crippen LogP contribution in [0.4, 0.5) is 0 Å². The summed E-state index contributed by atoms with van der Waals surface area (Å²) in [6, 6.07) is 10.9. The van der Waals surface area contributed by atoms with E-state index in [1.54, 1.807) is 6.92 Å². The second-order valence-electron chi connectivity index (χ2n) is 5.53. The molecule has 1 aromatic carbocycles. The summed E-state index contributed by atoms with van der Waals surface area (Å²) < 4.78 is 0. The van der Waals surface area contributed by atoms with Crippen LogP contribution in [-0.4, -0.2) is 42.2 Å². The molecule has 110 valence electrons. The highest BCUT2D eigenvalue weighted by Crippen LogP contribution is 2.32. The van der Waals surface area contributed by atoms with Gasteiger partial charge in [0.1, 0.15) is 0 Å². The second kappa shape index (κ2) is 7.41. The van der Waals surface area contributed by atoms with Gasteiger partial charge in [-0.2, -0.15) is 0 Å². The largest absolute Gasteiger partial charge is 0.396 e. The maximum absolute atomic E-state index is 11.0. The Kier molecular flexibility index (Phi) is 5.56. The Morgan fingerprint density at radius 1 is 1.35 bits per heavy atom. The standard InChI is InChI=1S/C16H24N2O2/c1-13(20)17-9-10-18-11-14(12-19)7-8-16(18)15-5-3-2-4-6-15/h2-6,14,16,19H,7-12H2,1H3,(H,17,20)/t14-,16-/m0/s1. The minimum atomic E-state index is 0.0111. The summed E-state index contributed by atoms with van der Waals surface area (Å²) in [6.07, 6.45) is 2.13. The Labute approximate surface area is 120 Å². The number of carbonyl (C=O) groups excluding carboxylic acids is 1. The fourth-order valence-electron chi connectivity index (χ4n) is 2.95. The monoisotopic (exact) mass is 276 g/mol. The normalized spacial score (nSPS) is 23.5. The zero-order chi connectivity index (χ0) is 14.4. The van der Waals surface area contributed by atoms with Crippen molar-refractivity contribution in [3.05, 3.63) is 35.9 Å². The predicted octanol–water partition coefficient (Wildman–Crippen LogP) is 1.57. The molecule has 0 bridgehead atoms. The van der Waals surface area contributed by atoms with Gasteiger partial charge in [-0.25, -0.2) is 0 Å². The number of hydrogen-bond acceptors (Lipinski definition) is 3. The molecule has 2 rings (SSSR count). The van der Waals surface area contributed by atoms with Gasteiger partial charge in [-0.15, -0.1) is 0 Å². The summed E-state index contributed by atoms with van der Waals surface area (Å²) in [7, 11) is 0. The SMILES string of the molecule is CC(=O)NCCN1C[C@@H](CO)CC[C@H]1c1ccccc1. The fraction of sp³-hybridized carbons (Fsp3) is 0.562. The molecular formula is C16H24N2O2. The molecule has 0 spiro atoms. The minimum Gasteiger partial charge on any atom is -0.396 e. The molecule has 4 nitrogen and oxygen atoms in total. The molecule has 0 unspecified atom stereocenters. The Balaban J connectivity index is 2.01. The lowest BCUT2D eigenvalue weighted by atomic mass is 9.89. The number of piperidine rings is 1. The molecule has 1 aliphatic rings. The highest BCUT2D eigenvalue weighted by Gasteiger charge is 2.28. The number of aliphatic hydroxyl groups is 1. The van der Waals surface area contributed by atoms with Crippen LogP contribution in [0.2, 0.25) is 0 Å². The quantitative estimate of drug-likeness (QED) is 0.858. The Hall–Kier alpha value is -1.39. The molecule has 1 heterocycles. The van der Waals surface area contributed by atoms with Gasteiger partial charge in [-0.05, 0) is 24.3 Å². The highest BCUT2D eigenvalue weighted by atomic mass is 16.3. The molecule has 1 saturated heterocycles. The van der Waals surface area contributed by atoms with Crippen LogP contribution in [0.3, 0.4) is 0 Å². The van der Waals surface area contributed by atoms with Gasteiger partial charge in [0, 0.05) is 39.2 Å². The van der Waals surface area contributed by atoms with Gasteiger partial charge in [0.25, 0.3) is 0 Å². The first-order valence-corrected chi connectivity index (χ1v) is 7.35. The van der Waals surface area contributed by atoms with E-state index >= 15 is 0 Å². The van der Waals surface area contributed by atoms with E-state index in [1.807, 2.05) is 6.07 Å². The smallest absolute Gasteiger partial charge is 0.216 e. The highest BCUT2D eigenvalue weighted by molar-refractivity contribution is 5.72. The van der Waals surface area contributed by atoms with Gasteiger partial charge in [0.2, 0.25) is 5.91 Å². The molecule has 0 saturated carbocycles. The van der Waals surface area contributed by atoms with Crippen LogP contribution in [0.25, 0.3) is 0 Å². The van der Waals surface area contributed by atoms with Crippen molar-refractivity contribution in [1.82, 2.24) is 10.2 Å². The number of rotatable bonds is 5. The molecule has 2 N–H and O–H groups in total. The van der Waals surface area contributed by atoms with Crippen molar-refractivity contribution in [3.8, 4) is 0 Å². The maximum Gasteiger partial charge on any atom is 0.216 e. The molecule has 0 radical (unpaired) electrons. The van der Waals surface area contributed by atoms with Gasteiger partial charge >= 0.3 is 0 Å². The average molecular weight is 276 g/mol. The molecule has 1 fully saturated rings. The van der Waals surface area contributed by atoms with Crippen molar-refractivity contribution in [2.24, 2.45) is 5.92 Å². The predicted molar refractivity (Wildman–Crippen MR) is 79.2 cm³/mol. The van der Waals surface area contributed by atoms with E-state index in [0.717, 1.165) is 25.9 Å². The van der Waals surface area contributed by atoms with Gasteiger partial charge in [-0.1, -0.05) is 30.3 Å².